The van der Waals surface area contributed by atoms with Gasteiger partial charge in [-0.3, -0.25) is 0 Å². The Kier molecular flexibility index (Phi) is 1.77. The van der Waals surface area contributed by atoms with E-state index in [4.69, 9.17) is 4.74 Å². The second kappa shape index (κ2) is 2.79. The summed E-state index contributed by atoms with van der Waals surface area (Å²) in [6.07, 6.45) is -0.361. The van der Waals surface area contributed by atoms with E-state index >= 15 is 0 Å². The van der Waals surface area contributed by atoms with Gasteiger partial charge in [0.1, 0.15) is 12.4 Å². The zero-order valence-corrected chi connectivity index (χ0v) is 7.03. The molecule has 2 heteroatoms. The van der Waals surface area contributed by atoms with E-state index in [0.717, 1.165) is 11.3 Å². The van der Waals surface area contributed by atoms with E-state index in [-0.39, 0.29) is 12.0 Å². The Balaban J connectivity index is 2.42. The molecule has 0 saturated carbocycles. The lowest BCUT2D eigenvalue weighted by molar-refractivity contribution is 0.0714. The van der Waals surface area contributed by atoms with E-state index in [9.17, 15) is 5.11 Å². The van der Waals surface area contributed by atoms with Crippen molar-refractivity contribution in [1.82, 2.24) is 0 Å². The van der Waals surface area contributed by atoms with Gasteiger partial charge in [-0.15, -0.1) is 0 Å². The molecular weight excluding hydrogens is 152 g/mol. The molecule has 64 valence electrons. The number of aliphatic hydroxyl groups excluding tert-OH is 1. The third-order valence-corrected chi connectivity index (χ3v) is 2.40. The first-order chi connectivity index (χ1) is 5.79. The Morgan fingerprint density at radius 1 is 1.42 bits per heavy atom. The summed E-state index contributed by atoms with van der Waals surface area (Å²) in [5.41, 5.74) is 1.11. The lowest BCUT2D eigenvalue weighted by atomic mass is 9.93. The Bertz CT molecular complexity index is 283. The lowest BCUT2D eigenvalue weighted by Gasteiger charge is -2.27. The minimum atomic E-state index is -0.361. The van der Waals surface area contributed by atoms with Gasteiger partial charge >= 0.3 is 0 Å². The zero-order chi connectivity index (χ0) is 8.55. The summed E-state index contributed by atoms with van der Waals surface area (Å²) in [5, 5.41) is 9.50. The minimum absolute atomic E-state index is 0.190. The molecule has 0 aliphatic carbocycles. The summed E-state index contributed by atoms with van der Waals surface area (Å²) < 4.78 is 5.36. The number of para-hydroxylation sites is 1. The normalized spacial score (nSPS) is 27.5. The van der Waals surface area contributed by atoms with Gasteiger partial charge in [-0.05, 0) is 11.6 Å². The predicted octanol–water partition coefficient (Wildman–Crippen LogP) is 1.54. The first-order valence-electron chi connectivity index (χ1n) is 4.19. The van der Waals surface area contributed by atoms with Gasteiger partial charge in [0.2, 0.25) is 0 Å². The monoisotopic (exact) mass is 164 g/mol. The SMILES string of the molecule is C[C@@H]1c2ccccc2OC[C@H]1O. The van der Waals surface area contributed by atoms with Crippen LogP contribution in [-0.4, -0.2) is 17.8 Å². The van der Waals surface area contributed by atoms with E-state index in [0.29, 0.717) is 6.61 Å². The molecule has 0 fully saturated rings. The molecule has 2 rings (SSSR count). The second-order valence-corrected chi connectivity index (χ2v) is 3.20. The Morgan fingerprint density at radius 2 is 2.17 bits per heavy atom. The number of rotatable bonds is 0. The van der Waals surface area contributed by atoms with Crippen LogP contribution in [-0.2, 0) is 0 Å². The van der Waals surface area contributed by atoms with Crippen LogP contribution in [0.5, 0.6) is 5.75 Å². The van der Waals surface area contributed by atoms with Crippen LogP contribution in [0.25, 0.3) is 0 Å². The number of hydrogen-bond acceptors (Lipinski definition) is 2. The van der Waals surface area contributed by atoms with Crippen molar-refractivity contribution in [2.24, 2.45) is 0 Å². The highest BCUT2D eigenvalue weighted by Crippen LogP contribution is 2.32. The van der Waals surface area contributed by atoms with Crippen LogP contribution in [0.1, 0.15) is 18.4 Å². The molecule has 1 aliphatic rings. The molecular formula is C10H12O2. The maximum Gasteiger partial charge on any atom is 0.122 e. The van der Waals surface area contributed by atoms with E-state index < -0.39 is 0 Å². The van der Waals surface area contributed by atoms with E-state index in [2.05, 4.69) is 0 Å². The molecule has 0 saturated heterocycles. The van der Waals surface area contributed by atoms with Gasteiger partial charge in [0.25, 0.3) is 0 Å². The molecule has 1 aromatic rings. The van der Waals surface area contributed by atoms with E-state index in [1.807, 2.05) is 31.2 Å². The summed E-state index contributed by atoms with van der Waals surface area (Å²) in [4.78, 5) is 0. The highest BCUT2D eigenvalue weighted by molar-refractivity contribution is 5.38. The topological polar surface area (TPSA) is 29.5 Å². The van der Waals surface area contributed by atoms with Crippen molar-refractivity contribution in [2.75, 3.05) is 6.61 Å². The Hall–Kier alpha value is -1.02. The van der Waals surface area contributed by atoms with Crippen molar-refractivity contribution >= 4 is 0 Å². The van der Waals surface area contributed by atoms with Crippen LogP contribution in [0, 0.1) is 0 Å². The molecule has 0 unspecified atom stereocenters. The van der Waals surface area contributed by atoms with Crippen LogP contribution in [0.15, 0.2) is 24.3 Å². The van der Waals surface area contributed by atoms with E-state index in [1.54, 1.807) is 0 Å². The Labute approximate surface area is 71.8 Å². The number of benzene rings is 1. The van der Waals surface area contributed by atoms with Gasteiger partial charge in [-0.1, -0.05) is 25.1 Å². The average molecular weight is 164 g/mol. The van der Waals surface area contributed by atoms with Gasteiger partial charge in [-0.2, -0.15) is 0 Å². The molecule has 2 atom stereocenters. The van der Waals surface area contributed by atoms with E-state index in [1.165, 1.54) is 0 Å². The Morgan fingerprint density at radius 3 is 3.00 bits per heavy atom. The van der Waals surface area contributed by atoms with Crippen LogP contribution >= 0.6 is 0 Å². The van der Waals surface area contributed by atoms with Crippen molar-refractivity contribution in [1.29, 1.82) is 0 Å². The number of hydrogen-bond donors (Lipinski definition) is 1. The zero-order valence-electron chi connectivity index (χ0n) is 7.03. The summed E-state index contributed by atoms with van der Waals surface area (Å²) in [7, 11) is 0. The standard InChI is InChI=1S/C10H12O2/c1-7-8-4-2-3-5-10(8)12-6-9(7)11/h2-5,7,9,11H,6H2,1H3/t7-,9-/m1/s1. The molecule has 1 heterocycles. The molecule has 2 nitrogen and oxygen atoms in total. The fourth-order valence-electron chi connectivity index (χ4n) is 1.51. The largest absolute Gasteiger partial charge is 0.491 e. The van der Waals surface area contributed by atoms with Gasteiger partial charge < -0.3 is 9.84 Å². The molecule has 0 amide bonds. The molecule has 0 radical (unpaired) electrons. The molecule has 1 aliphatic heterocycles. The average Bonchev–Trinajstić information content (AvgIpc) is 2.12. The van der Waals surface area contributed by atoms with Crippen molar-refractivity contribution in [3.8, 4) is 5.75 Å². The highest BCUT2D eigenvalue weighted by Gasteiger charge is 2.24. The molecule has 12 heavy (non-hydrogen) atoms. The van der Waals surface area contributed by atoms with Gasteiger partial charge in [0, 0.05) is 5.92 Å². The summed E-state index contributed by atoms with van der Waals surface area (Å²) in [5.74, 6) is 1.10. The van der Waals surface area contributed by atoms with Crippen LogP contribution in [0.3, 0.4) is 0 Å². The molecule has 0 aromatic heterocycles. The number of ether oxygens (including phenoxy) is 1. The third kappa shape index (κ3) is 1.08. The fourth-order valence-corrected chi connectivity index (χ4v) is 1.51. The smallest absolute Gasteiger partial charge is 0.122 e. The van der Waals surface area contributed by atoms with Crippen LogP contribution < -0.4 is 4.74 Å². The minimum Gasteiger partial charge on any atom is -0.491 e. The van der Waals surface area contributed by atoms with Gasteiger partial charge in [-0.25, -0.2) is 0 Å². The highest BCUT2D eigenvalue weighted by atomic mass is 16.5. The lowest BCUT2D eigenvalue weighted by Crippen LogP contribution is -2.28. The molecule has 0 spiro atoms. The summed E-state index contributed by atoms with van der Waals surface area (Å²) >= 11 is 0. The maximum atomic E-state index is 9.50. The fraction of sp³-hybridized carbons (Fsp3) is 0.400. The molecule has 1 N–H and O–H groups in total. The number of fused-ring (bicyclic) bond motifs is 1. The van der Waals surface area contributed by atoms with Crippen molar-refractivity contribution in [3.63, 3.8) is 0 Å². The third-order valence-electron chi connectivity index (χ3n) is 2.40. The van der Waals surface area contributed by atoms with Gasteiger partial charge in [0.15, 0.2) is 0 Å². The maximum absolute atomic E-state index is 9.50. The predicted molar refractivity (Wildman–Crippen MR) is 46.4 cm³/mol. The van der Waals surface area contributed by atoms with Crippen LogP contribution in [0.2, 0.25) is 0 Å². The first kappa shape index (κ1) is 7.62. The van der Waals surface area contributed by atoms with Crippen molar-refractivity contribution in [2.45, 2.75) is 18.9 Å². The van der Waals surface area contributed by atoms with Crippen LogP contribution in [0.4, 0.5) is 0 Å². The molecule has 1 aromatic carbocycles. The quantitative estimate of drug-likeness (QED) is 0.630. The van der Waals surface area contributed by atoms with Crippen molar-refractivity contribution in [3.05, 3.63) is 29.8 Å². The first-order valence-corrected chi connectivity index (χ1v) is 4.19. The summed E-state index contributed by atoms with van der Waals surface area (Å²) in [6.45, 7) is 2.43. The van der Waals surface area contributed by atoms with Gasteiger partial charge in [0.05, 0.1) is 6.10 Å². The summed E-state index contributed by atoms with van der Waals surface area (Å²) in [6, 6.07) is 7.86. The van der Waals surface area contributed by atoms with Crippen molar-refractivity contribution < 1.29 is 9.84 Å². The molecule has 0 bridgehead atoms. The second-order valence-electron chi connectivity index (χ2n) is 3.20. The number of aliphatic hydroxyl groups is 1.